The van der Waals surface area contributed by atoms with Gasteiger partial charge in [0.05, 0.1) is 24.0 Å². The maximum absolute atomic E-state index is 9.55. The zero-order chi connectivity index (χ0) is 19.7. The van der Waals surface area contributed by atoms with Gasteiger partial charge in [0.25, 0.3) is 0 Å². The summed E-state index contributed by atoms with van der Waals surface area (Å²) in [4.78, 5) is 11.8. The van der Waals surface area contributed by atoms with Crippen LogP contribution in [0.4, 0.5) is 0 Å². The summed E-state index contributed by atoms with van der Waals surface area (Å²) in [5.74, 6) is 0. The van der Waals surface area contributed by atoms with E-state index in [1.165, 1.54) is 22.4 Å². The Hall–Kier alpha value is -1.82. The first-order valence-electron chi connectivity index (χ1n) is 10.0. The third-order valence-electron chi connectivity index (χ3n) is 5.20. The molecule has 0 spiro atoms. The molecule has 3 heterocycles. The number of nitrogens with one attached hydrogen (secondary N) is 1. The van der Waals surface area contributed by atoms with Gasteiger partial charge in [-0.3, -0.25) is 9.88 Å². The molecule has 0 saturated carbocycles. The van der Waals surface area contributed by atoms with Gasteiger partial charge in [0.1, 0.15) is 0 Å². The molecule has 28 heavy (non-hydrogen) atoms. The number of fused-ring (bicyclic) bond motifs is 1. The predicted octanol–water partition coefficient (Wildman–Crippen LogP) is 5.08. The number of aliphatic hydroxyl groups is 1. The molecule has 0 bridgehead atoms. The lowest BCUT2D eigenvalue weighted by molar-refractivity contribution is 0.152. The molecule has 4 rings (SSSR count). The van der Waals surface area contributed by atoms with Crippen molar-refractivity contribution in [3.63, 3.8) is 0 Å². The Morgan fingerprint density at radius 1 is 1.25 bits per heavy atom. The van der Waals surface area contributed by atoms with Gasteiger partial charge in [0.2, 0.25) is 0 Å². The maximum atomic E-state index is 9.55. The molecule has 0 radical (unpaired) electrons. The molecule has 1 aliphatic rings. The number of hydrogen-bond donors (Lipinski definition) is 2. The highest BCUT2D eigenvalue weighted by atomic mass is 32.2. The molecule has 1 atom stereocenters. The number of rotatable bonds is 5. The first-order valence-corrected chi connectivity index (χ1v) is 10.8. The normalized spacial score (nSPS) is 18.2. The summed E-state index contributed by atoms with van der Waals surface area (Å²) in [6, 6.07) is 13.3. The summed E-state index contributed by atoms with van der Waals surface area (Å²) >= 11 is 1.88. The van der Waals surface area contributed by atoms with Gasteiger partial charge >= 0.3 is 0 Å². The summed E-state index contributed by atoms with van der Waals surface area (Å²) in [6.45, 7) is 8.86. The van der Waals surface area contributed by atoms with Crippen LogP contribution in [-0.4, -0.2) is 43.9 Å². The lowest BCUT2D eigenvalue weighted by atomic mass is 10.1. The molecule has 4 nitrogen and oxygen atoms in total. The Morgan fingerprint density at radius 2 is 2.11 bits per heavy atom. The third-order valence-corrected chi connectivity index (χ3v) is 6.30. The summed E-state index contributed by atoms with van der Waals surface area (Å²) in [5.41, 5.74) is 4.41. The van der Waals surface area contributed by atoms with Gasteiger partial charge in [-0.1, -0.05) is 32.9 Å². The highest BCUT2D eigenvalue weighted by molar-refractivity contribution is 8.00. The average Bonchev–Trinajstić information content (AvgIpc) is 3.25. The van der Waals surface area contributed by atoms with Crippen molar-refractivity contribution in [3.05, 3.63) is 48.3 Å². The number of H-pyrrole nitrogens is 1. The standard InChI is InChI=1S/C23H29N3OS/c1-23(2,3)28-20-8-4-6-16(11-20)21-12-17-10-18(25-22(17)13-24-21)14-26-9-5-7-19(26)15-27/h4,6,8,10-13,19,25,27H,5,7,9,14-15H2,1-3H3/t19-/m1/s1. The topological polar surface area (TPSA) is 52.1 Å². The van der Waals surface area contributed by atoms with Crippen LogP contribution in [0.2, 0.25) is 0 Å². The van der Waals surface area contributed by atoms with Crippen molar-refractivity contribution < 1.29 is 5.11 Å². The summed E-state index contributed by atoms with van der Waals surface area (Å²) in [6.07, 6.45) is 4.19. The molecule has 0 aliphatic carbocycles. The van der Waals surface area contributed by atoms with Crippen LogP contribution in [0.3, 0.4) is 0 Å². The predicted molar refractivity (Wildman–Crippen MR) is 118 cm³/mol. The van der Waals surface area contributed by atoms with E-state index < -0.39 is 0 Å². The minimum absolute atomic E-state index is 0.188. The van der Waals surface area contributed by atoms with Gasteiger partial charge in [-0.15, -0.1) is 11.8 Å². The lowest BCUT2D eigenvalue weighted by Crippen LogP contribution is -2.31. The van der Waals surface area contributed by atoms with Crippen LogP contribution in [0.25, 0.3) is 22.2 Å². The smallest absolute Gasteiger partial charge is 0.0710 e. The molecule has 2 N–H and O–H groups in total. The van der Waals surface area contributed by atoms with E-state index >= 15 is 0 Å². The van der Waals surface area contributed by atoms with Crippen molar-refractivity contribution in [2.75, 3.05) is 13.2 Å². The zero-order valence-electron chi connectivity index (χ0n) is 16.9. The number of aromatic amines is 1. The fourth-order valence-corrected chi connectivity index (χ4v) is 4.98. The second kappa shape index (κ2) is 7.90. The van der Waals surface area contributed by atoms with Crippen LogP contribution in [0, 0.1) is 0 Å². The van der Waals surface area contributed by atoms with Gasteiger partial charge in [-0.05, 0) is 43.7 Å². The Kier molecular flexibility index (Phi) is 5.50. The van der Waals surface area contributed by atoms with E-state index in [-0.39, 0.29) is 11.4 Å². The number of benzene rings is 1. The highest BCUT2D eigenvalue weighted by Gasteiger charge is 2.24. The van der Waals surface area contributed by atoms with E-state index in [0.29, 0.717) is 6.04 Å². The van der Waals surface area contributed by atoms with Crippen molar-refractivity contribution >= 4 is 22.7 Å². The van der Waals surface area contributed by atoms with Gasteiger partial charge in [0, 0.05) is 38.9 Å². The van der Waals surface area contributed by atoms with E-state index in [1.54, 1.807) is 0 Å². The van der Waals surface area contributed by atoms with Crippen molar-refractivity contribution in [1.29, 1.82) is 0 Å². The molecule has 148 valence electrons. The van der Waals surface area contributed by atoms with Crippen LogP contribution >= 0.6 is 11.8 Å². The molecule has 0 unspecified atom stereocenters. The molecular weight excluding hydrogens is 366 g/mol. The van der Waals surface area contributed by atoms with Gasteiger partial charge < -0.3 is 10.1 Å². The number of aromatic nitrogens is 2. The Morgan fingerprint density at radius 3 is 2.89 bits per heavy atom. The monoisotopic (exact) mass is 395 g/mol. The lowest BCUT2D eigenvalue weighted by Gasteiger charge is -2.21. The number of thioether (sulfide) groups is 1. The fourth-order valence-electron chi connectivity index (χ4n) is 3.94. The molecule has 1 fully saturated rings. The van der Waals surface area contributed by atoms with Gasteiger partial charge in [-0.25, -0.2) is 0 Å². The van der Waals surface area contributed by atoms with Crippen molar-refractivity contribution in [1.82, 2.24) is 14.9 Å². The van der Waals surface area contributed by atoms with Crippen molar-refractivity contribution in [2.24, 2.45) is 0 Å². The quantitative estimate of drug-likeness (QED) is 0.592. The second-order valence-corrected chi connectivity index (χ2v) is 10.5. The summed E-state index contributed by atoms with van der Waals surface area (Å²) in [7, 11) is 0. The number of pyridine rings is 1. The van der Waals surface area contributed by atoms with E-state index in [9.17, 15) is 5.11 Å². The van der Waals surface area contributed by atoms with E-state index in [4.69, 9.17) is 4.98 Å². The van der Waals surface area contributed by atoms with E-state index in [0.717, 1.165) is 36.3 Å². The molecule has 1 aromatic carbocycles. The van der Waals surface area contributed by atoms with Crippen LogP contribution in [0.5, 0.6) is 0 Å². The molecule has 1 aliphatic heterocycles. The van der Waals surface area contributed by atoms with E-state index in [1.807, 2.05) is 18.0 Å². The summed E-state index contributed by atoms with van der Waals surface area (Å²) in [5, 5.41) is 10.7. The number of hydrogen-bond acceptors (Lipinski definition) is 4. The first-order chi connectivity index (χ1) is 13.4. The molecule has 0 amide bonds. The van der Waals surface area contributed by atoms with Crippen LogP contribution in [0.1, 0.15) is 39.3 Å². The minimum atomic E-state index is 0.188. The highest BCUT2D eigenvalue weighted by Crippen LogP contribution is 2.34. The molecule has 2 aromatic heterocycles. The molecule has 5 heteroatoms. The molecular formula is C23H29N3OS. The summed E-state index contributed by atoms with van der Waals surface area (Å²) < 4.78 is 0.188. The Balaban J connectivity index is 1.57. The van der Waals surface area contributed by atoms with Gasteiger partial charge in [-0.2, -0.15) is 0 Å². The Bertz CT molecular complexity index is 960. The first kappa shape index (κ1) is 19.5. The third kappa shape index (κ3) is 4.43. The maximum Gasteiger partial charge on any atom is 0.0710 e. The number of nitrogens with zero attached hydrogens (tertiary/aromatic N) is 2. The number of aliphatic hydroxyl groups excluding tert-OH is 1. The van der Waals surface area contributed by atoms with Crippen molar-refractivity contribution in [2.45, 2.75) is 55.8 Å². The van der Waals surface area contributed by atoms with Crippen LogP contribution < -0.4 is 0 Å². The van der Waals surface area contributed by atoms with Crippen LogP contribution in [-0.2, 0) is 6.54 Å². The number of likely N-dealkylation sites (tertiary alicyclic amines) is 1. The molecule has 1 saturated heterocycles. The Labute approximate surface area is 171 Å². The average molecular weight is 396 g/mol. The van der Waals surface area contributed by atoms with Crippen LogP contribution in [0.15, 0.2) is 47.5 Å². The minimum Gasteiger partial charge on any atom is -0.395 e. The second-order valence-electron chi connectivity index (χ2n) is 8.64. The van der Waals surface area contributed by atoms with Gasteiger partial charge in [0.15, 0.2) is 0 Å². The zero-order valence-corrected chi connectivity index (χ0v) is 17.7. The largest absolute Gasteiger partial charge is 0.395 e. The fraction of sp³-hybridized carbons (Fsp3) is 0.435. The SMILES string of the molecule is CC(C)(C)Sc1cccc(-c2cc3cc(CN4CCC[C@@H]4CO)[nH]c3cn2)c1. The van der Waals surface area contributed by atoms with E-state index in [2.05, 4.69) is 67.1 Å². The van der Waals surface area contributed by atoms with Crippen molar-refractivity contribution in [3.8, 4) is 11.3 Å². The molecule has 3 aromatic rings.